The number of rotatable bonds is 7. The van der Waals surface area contributed by atoms with Crippen molar-refractivity contribution < 1.29 is 22.0 Å². The molecule has 2 rings (SSSR count). The Hall–Kier alpha value is -2.48. The maximum atomic E-state index is 13.7. The first-order valence-corrected chi connectivity index (χ1v) is 11.1. The summed E-state index contributed by atoms with van der Waals surface area (Å²) in [7, 11) is -3.93. The third-order valence-corrected chi connectivity index (χ3v) is 6.01. The van der Waals surface area contributed by atoms with Crippen LogP contribution < -0.4 is 9.62 Å². The average Bonchev–Trinajstić information content (AvgIpc) is 2.62. The zero-order chi connectivity index (χ0) is 21.9. The minimum atomic E-state index is -3.93. The Labute approximate surface area is 170 Å². The molecule has 0 saturated heterocycles. The lowest BCUT2D eigenvalue weighted by Crippen LogP contribution is -2.48. The molecule has 0 aliphatic heterocycles. The second kappa shape index (κ2) is 8.90. The highest BCUT2D eigenvalue weighted by Gasteiger charge is 2.31. The molecule has 8 heteroatoms. The van der Waals surface area contributed by atoms with Crippen LogP contribution in [-0.4, -0.2) is 26.6 Å². The molecule has 1 amide bonds. The number of aryl methyl sites for hydroxylation is 2. The fraction of sp³-hybridized carbons (Fsp3) is 0.381. The van der Waals surface area contributed by atoms with Crippen molar-refractivity contribution in [1.29, 1.82) is 0 Å². The van der Waals surface area contributed by atoms with Gasteiger partial charge in [0.05, 0.1) is 18.0 Å². The van der Waals surface area contributed by atoms with Gasteiger partial charge in [0.2, 0.25) is 15.9 Å². The van der Waals surface area contributed by atoms with E-state index < -0.39 is 33.6 Å². The molecule has 5 nitrogen and oxygen atoms in total. The molecule has 0 unspecified atom stereocenters. The molecule has 0 aliphatic carbocycles. The molecule has 0 aromatic heterocycles. The van der Waals surface area contributed by atoms with E-state index in [0.717, 1.165) is 45.5 Å². The Bertz CT molecular complexity index is 1010. The third-order valence-electron chi connectivity index (χ3n) is 4.77. The van der Waals surface area contributed by atoms with Crippen molar-refractivity contribution in [2.75, 3.05) is 10.6 Å². The molecule has 2 aromatic rings. The number of hydrogen-bond donors (Lipinski definition) is 1. The predicted molar refractivity (Wildman–Crippen MR) is 110 cm³/mol. The van der Waals surface area contributed by atoms with Gasteiger partial charge in [0.15, 0.2) is 11.6 Å². The summed E-state index contributed by atoms with van der Waals surface area (Å²) < 4.78 is 52.4. The number of nitrogens with one attached hydrogen (secondary N) is 1. The maximum Gasteiger partial charge on any atom is 0.244 e. The van der Waals surface area contributed by atoms with Crippen molar-refractivity contribution in [2.24, 2.45) is 0 Å². The van der Waals surface area contributed by atoms with E-state index >= 15 is 0 Å². The summed E-state index contributed by atoms with van der Waals surface area (Å²) >= 11 is 0. The highest BCUT2D eigenvalue weighted by molar-refractivity contribution is 7.92. The van der Waals surface area contributed by atoms with Gasteiger partial charge in [-0.25, -0.2) is 17.2 Å². The van der Waals surface area contributed by atoms with Gasteiger partial charge in [-0.1, -0.05) is 30.7 Å². The van der Waals surface area contributed by atoms with Crippen LogP contribution >= 0.6 is 0 Å². The zero-order valence-electron chi connectivity index (χ0n) is 17.2. The van der Waals surface area contributed by atoms with Crippen molar-refractivity contribution >= 4 is 21.6 Å². The lowest BCUT2D eigenvalue weighted by Gasteiger charge is -2.30. The lowest BCUT2D eigenvalue weighted by molar-refractivity contribution is -0.122. The number of anilines is 1. The molecule has 0 aliphatic rings. The summed E-state index contributed by atoms with van der Waals surface area (Å²) in [5.74, 6) is -2.82. The van der Waals surface area contributed by atoms with Gasteiger partial charge in [0.25, 0.3) is 0 Å². The summed E-state index contributed by atoms with van der Waals surface area (Å²) in [6.45, 7) is 7.25. The monoisotopic (exact) mass is 424 g/mol. The summed E-state index contributed by atoms with van der Waals surface area (Å²) in [5, 5.41) is 2.88. The first-order valence-electron chi connectivity index (χ1n) is 9.27. The molecular formula is C21H26F2N2O3S. The number of sulfonamides is 1. The summed E-state index contributed by atoms with van der Waals surface area (Å²) in [5.41, 5.74) is 2.94. The fourth-order valence-corrected chi connectivity index (χ4v) is 4.51. The van der Waals surface area contributed by atoms with Gasteiger partial charge in [-0.15, -0.1) is 0 Å². The van der Waals surface area contributed by atoms with E-state index in [9.17, 15) is 22.0 Å². The molecule has 29 heavy (non-hydrogen) atoms. The molecule has 0 saturated carbocycles. The van der Waals surface area contributed by atoms with Crippen LogP contribution in [0.1, 0.15) is 43.0 Å². The van der Waals surface area contributed by atoms with E-state index in [-0.39, 0.29) is 11.7 Å². The Morgan fingerprint density at radius 3 is 2.28 bits per heavy atom. The topological polar surface area (TPSA) is 66.5 Å². The van der Waals surface area contributed by atoms with Crippen LogP contribution in [0.4, 0.5) is 14.5 Å². The van der Waals surface area contributed by atoms with Crippen LogP contribution in [0.25, 0.3) is 0 Å². The van der Waals surface area contributed by atoms with Crippen molar-refractivity contribution in [3.8, 4) is 0 Å². The number of carbonyl (C=O) groups is 1. The molecule has 0 radical (unpaired) electrons. The van der Waals surface area contributed by atoms with Crippen molar-refractivity contribution in [3.05, 3.63) is 64.7 Å². The van der Waals surface area contributed by atoms with Crippen LogP contribution in [0.3, 0.4) is 0 Å². The summed E-state index contributed by atoms with van der Waals surface area (Å²) in [6.07, 6.45) is 1.52. The lowest BCUT2D eigenvalue weighted by atomic mass is 9.97. The zero-order valence-corrected chi connectivity index (χ0v) is 18.0. The number of hydrogen-bond acceptors (Lipinski definition) is 3. The molecule has 2 aromatic carbocycles. The standard InChI is InChI=1S/C21H26F2N2O3S/c1-6-20(17-9-7-13(2)11-14(17)3)24-21(26)15(4)25(29(5,27)28)16-8-10-18(22)19(23)12-16/h7-12,15,20H,6H2,1-5H3,(H,24,26)/t15-,20+/m1/s1. The van der Waals surface area contributed by atoms with E-state index in [2.05, 4.69) is 5.32 Å². The maximum absolute atomic E-state index is 13.7. The third kappa shape index (κ3) is 5.32. The van der Waals surface area contributed by atoms with Crippen LogP contribution in [0, 0.1) is 25.5 Å². The first kappa shape index (κ1) is 22.8. The highest BCUT2D eigenvalue weighted by Crippen LogP contribution is 2.25. The molecular weight excluding hydrogens is 398 g/mol. The molecule has 0 spiro atoms. The van der Waals surface area contributed by atoms with Crippen LogP contribution in [0.5, 0.6) is 0 Å². The number of nitrogens with zero attached hydrogens (tertiary/aromatic N) is 1. The molecule has 0 heterocycles. The van der Waals surface area contributed by atoms with Gasteiger partial charge in [-0.3, -0.25) is 9.10 Å². The molecule has 0 fully saturated rings. The van der Waals surface area contributed by atoms with Crippen LogP contribution in [0.15, 0.2) is 36.4 Å². The van der Waals surface area contributed by atoms with Crippen LogP contribution in [-0.2, 0) is 14.8 Å². The Balaban J connectivity index is 2.34. The van der Waals surface area contributed by atoms with Gasteiger partial charge in [-0.05, 0) is 50.5 Å². The van der Waals surface area contributed by atoms with Crippen molar-refractivity contribution in [2.45, 2.75) is 46.2 Å². The highest BCUT2D eigenvalue weighted by atomic mass is 32.2. The minimum absolute atomic E-state index is 0.117. The molecule has 1 N–H and O–H groups in total. The van der Waals surface area contributed by atoms with E-state index in [1.807, 2.05) is 39.0 Å². The molecule has 2 atom stereocenters. The first-order chi connectivity index (χ1) is 13.5. The van der Waals surface area contributed by atoms with Crippen LogP contribution in [0.2, 0.25) is 0 Å². The summed E-state index contributed by atoms with van der Waals surface area (Å²) in [4.78, 5) is 12.9. The van der Waals surface area contributed by atoms with E-state index in [1.165, 1.54) is 6.92 Å². The van der Waals surface area contributed by atoms with E-state index in [1.54, 1.807) is 0 Å². The Morgan fingerprint density at radius 2 is 1.76 bits per heavy atom. The van der Waals surface area contributed by atoms with Gasteiger partial charge < -0.3 is 5.32 Å². The Morgan fingerprint density at radius 1 is 1.10 bits per heavy atom. The molecule has 158 valence electrons. The SMILES string of the molecule is CC[C@H](NC(=O)[C@@H](C)N(c1ccc(F)c(F)c1)S(C)(=O)=O)c1ccc(C)cc1C. The van der Waals surface area contributed by atoms with Gasteiger partial charge in [0, 0.05) is 6.07 Å². The second-order valence-electron chi connectivity index (χ2n) is 7.16. The number of carbonyl (C=O) groups excluding carboxylic acids is 1. The van der Waals surface area contributed by atoms with Gasteiger partial charge in [0.1, 0.15) is 6.04 Å². The smallest absolute Gasteiger partial charge is 0.244 e. The van der Waals surface area contributed by atoms with Crippen molar-refractivity contribution in [1.82, 2.24) is 5.32 Å². The summed E-state index contributed by atoms with van der Waals surface area (Å²) in [6, 6.07) is 7.16. The van der Waals surface area contributed by atoms with Crippen molar-refractivity contribution in [3.63, 3.8) is 0 Å². The average molecular weight is 425 g/mol. The quantitative estimate of drug-likeness (QED) is 0.731. The Kier molecular flexibility index (Phi) is 7.00. The normalized spacial score (nSPS) is 13.6. The number of benzene rings is 2. The largest absolute Gasteiger partial charge is 0.347 e. The second-order valence-corrected chi connectivity index (χ2v) is 9.02. The number of amides is 1. The van der Waals surface area contributed by atoms with Gasteiger partial charge >= 0.3 is 0 Å². The number of halogens is 2. The van der Waals surface area contributed by atoms with Gasteiger partial charge in [-0.2, -0.15) is 0 Å². The van der Waals surface area contributed by atoms with E-state index in [4.69, 9.17) is 0 Å². The predicted octanol–water partition coefficient (Wildman–Crippen LogP) is 4.00. The molecule has 0 bridgehead atoms. The minimum Gasteiger partial charge on any atom is -0.347 e. The fourth-order valence-electron chi connectivity index (χ4n) is 3.34. The van der Waals surface area contributed by atoms with E-state index in [0.29, 0.717) is 6.42 Å².